The fourth-order valence-electron chi connectivity index (χ4n) is 5.02. The van der Waals surface area contributed by atoms with Crippen LogP contribution in [-0.4, -0.2) is 64.4 Å². The molecule has 0 unspecified atom stereocenters. The van der Waals surface area contributed by atoms with E-state index in [0.29, 0.717) is 34.5 Å². The van der Waals surface area contributed by atoms with Crippen LogP contribution in [0.25, 0.3) is 22.2 Å². The largest absolute Gasteiger partial charge is 0.360 e. The zero-order valence-electron chi connectivity index (χ0n) is 23.2. The molecule has 2 aromatic heterocycles. The lowest BCUT2D eigenvalue weighted by Gasteiger charge is -2.29. The number of halogens is 1. The molecule has 1 aliphatic carbocycles. The minimum atomic E-state index is -0.228. The van der Waals surface area contributed by atoms with Gasteiger partial charge in [-0.05, 0) is 64.0 Å². The average Bonchev–Trinajstić information content (AvgIpc) is 3.39. The number of nitrogens with zero attached hydrogens (tertiary/aromatic N) is 3. The predicted molar refractivity (Wildman–Crippen MR) is 164 cm³/mol. The third-order valence-corrected chi connectivity index (χ3v) is 7.39. The molecule has 0 atom stereocenters. The second kappa shape index (κ2) is 13.0. The van der Waals surface area contributed by atoms with Crippen LogP contribution in [0.1, 0.15) is 36.0 Å². The van der Waals surface area contributed by atoms with Crippen molar-refractivity contribution in [1.82, 2.24) is 25.2 Å². The Kier molecular flexibility index (Phi) is 8.96. The highest BCUT2D eigenvalue weighted by Crippen LogP contribution is 2.32. The van der Waals surface area contributed by atoms with E-state index < -0.39 is 0 Å². The highest BCUT2D eigenvalue weighted by molar-refractivity contribution is 6.33. The third-order valence-electron chi connectivity index (χ3n) is 7.12. The number of hydrogen-bond acceptors (Lipinski definition) is 6. The molecule has 1 saturated carbocycles. The zero-order chi connectivity index (χ0) is 28.8. The van der Waals surface area contributed by atoms with Crippen LogP contribution in [0.2, 0.25) is 5.02 Å². The smallest absolute Gasteiger partial charge is 0.251 e. The van der Waals surface area contributed by atoms with Crippen LogP contribution in [0.3, 0.4) is 0 Å². The number of aromatic amines is 1. The van der Waals surface area contributed by atoms with E-state index in [1.165, 1.54) is 6.08 Å². The molecule has 212 valence electrons. The fourth-order valence-corrected chi connectivity index (χ4v) is 5.21. The van der Waals surface area contributed by atoms with Crippen molar-refractivity contribution in [3.05, 3.63) is 83.7 Å². The lowest BCUT2D eigenvalue weighted by Crippen LogP contribution is -2.40. The van der Waals surface area contributed by atoms with Gasteiger partial charge in [-0.2, -0.15) is 0 Å². The number of likely N-dealkylation sites (N-methyl/N-ethyl adjacent to an activating group) is 1. The summed E-state index contributed by atoms with van der Waals surface area (Å²) in [5.41, 5.74) is 3.74. The number of carbonyl (C=O) groups excluding carboxylic acids is 2. The summed E-state index contributed by atoms with van der Waals surface area (Å²) in [7, 11) is 3.87. The summed E-state index contributed by atoms with van der Waals surface area (Å²) in [5.74, 6) is 0.163. The van der Waals surface area contributed by atoms with E-state index in [9.17, 15) is 9.59 Å². The highest BCUT2D eigenvalue weighted by atomic mass is 35.5. The summed E-state index contributed by atoms with van der Waals surface area (Å²) < 4.78 is 0. The molecule has 10 heteroatoms. The van der Waals surface area contributed by atoms with E-state index in [-0.39, 0.29) is 23.9 Å². The predicted octanol–water partition coefficient (Wildman–Crippen LogP) is 5.49. The maximum atomic E-state index is 13.0. The van der Waals surface area contributed by atoms with Gasteiger partial charge in [0, 0.05) is 58.6 Å². The highest BCUT2D eigenvalue weighted by Gasteiger charge is 2.24. The number of hydrogen-bond donors (Lipinski definition) is 4. The Bertz CT molecular complexity index is 1560. The number of anilines is 2. The Hall–Kier alpha value is -4.21. The molecule has 2 heterocycles. The van der Waals surface area contributed by atoms with E-state index in [2.05, 4.69) is 25.9 Å². The van der Waals surface area contributed by atoms with Crippen LogP contribution >= 0.6 is 11.6 Å². The molecule has 4 aromatic rings. The molecule has 4 N–H and O–H groups in total. The first-order valence-electron chi connectivity index (χ1n) is 13.7. The molecule has 9 nitrogen and oxygen atoms in total. The Labute approximate surface area is 244 Å². The second-order valence-corrected chi connectivity index (χ2v) is 10.9. The van der Waals surface area contributed by atoms with Crippen LogP contribution in [0.5, 0.6) is 0 Å². The van der Waals surface area contributed by atoms with E-state index in [0.717, 1.165) is 42.1 Å². The number of para-hydroxylation sites is 1. The molecule has 0 radical (unpaired) electrons. The number of carbonyl (C=O) groups is 2. The van der Waals surface area contributed by atoms with Crippen LogP contribution in [-0.2, 0) is 4.79 Å². The van der Waals surface area contributed by atoms with E-state index >= 15 is 0 Å². The van der Waals surface area contributed by atoms with Gasteiger partial charge in [-0.1, -0.05) is 41.9 Å². The van der Waals surface area contributed by atoms with Crippen LogP contribution in [0.15, 0.2) is 73.1 Å². The van der Waals surface area contributed by atoms with Gasteiger partial charge in [0.2, 0.25) is 11.9 Å². The molecular weight excluding hydrogens is 538 g/mol. The maximum absolute atomic E-state index is 13.0. The molecule has 2 aromatic carbocycles. The van der Waals surface area contributed by atoms with Crippen LogP contribution in [0, 0.1) is 0 Å². The standard InChI is InChI=1S/C31H34ClN7O2/c1-39(2)16-6-11-28(40)35-23-8-5-7-20(17-23)30(41)36-21-12-14-22(15-13-21)37-31-34-19-26(32)29(38-31)25-18-33-27-10-4-3-9-24(25)27/h3-11,17-19,21-22,33H,12-16H2,1-2H3,(H,35,40)(H,36,41)(H,34,37,38)/b11-6+. The number of benzene rings is 2. The Morgan fingerprint density at radius 1 is 1.07 bits per heavy atom. The monoisotopic (exact) mass is 571 g/mol. The van der Waals surface area contributed by atoms with Gasteiger partial charge in [0.25, 0.3) is 5.91 Å². The Morgan fingerprint density at radius 3 is 2.66 bits per heavy atom. The lowest BCUT2D eigenvalue weighted by atomic mass is 9.91. The lowest BCUT2D eigenvalue weighted by molar-refractivity contribution is -0.111. The molecular formula is C31H34ClN7O2. The maximum Gasteiger partial charge on any atom is 0.251 e. The molecule has 0 bridgehead atoms. The molecule has 0 saturated heterocycles. The molecule has 2 amide bonds. The number of fused-ring (bicyclic) bond motifs is 1. The Balaban J connectivity index is 1.14. The Morgan fingerprint density at radius 2 is 1.85 bits per heavy atom. The second-order valence-electron chi connectivity index (χ2n) is 10.5. The van der Waals surface area contributed by atoms with E-state index in [1.807, 2.05) is 49.5 Å². The van der Waals surface area contributed by atoms with Crippen molar-refractivity contribution in [1.29, 1.82) is 0 Å². The van der Waals surface area contributed by atoms with Crippen molar-refractivity contribution >= 4 is 46.0 Å². The summed E-state index contributed by atoms with van der Waals surface area (Å²) in [6.07, 6.45) is 10.2. The molecule has 0 aliphatic heterocycles. The van der Waals surface area contributed by atoms with Gasteiger partial charge in [0.15, 0.2) is 0 Å². The van der Waals surface area contributed by atoms with Gasteiger partial charge in [-0.25, -0.2) is 9.97 Å². The van der Waals surface area contributed by atoms with Crippen LogP contribution in [0.4, 0.5) is 11.6 Å². The summed E-state index contributed by atoms with van der Waals surface area (Å²) >= 11 is 6.48. The summed E-state index contributed by atoms with van der Waals surface area (Å²) in [4.78, 5) is 39.5. The number of H-pyrrole nitrogens is 1. The number of aromatic nitrogens is 3. The van der Waals surface area contributed by atoms with Gasteiger partial charge in [-0.15, -0.1) is 0 Å². The zero-order valence-corrected chi connectivity index (χ0v) is 23.9. The average molecular weight is 572 g/mol. The first-order valence-corrected chi connectivity index (χ1v) is 14.1. The van der Waals surface area contributed by atoms with Crippen molar-refractivity contribution in [2.45, 2.75) is 37.8 Å². The molecule has 0 spiro atoms. The summed E-state index contributed by atoms with van der Waals surface area (Å²) in [6, 6.07) is 15.3. The van der Waals surface area contributed by atoms with E-state index in [4.69, 9.17) is 16.6 Å². The third kappa shape index (κ3) is 7.31. The van der Waals surface area contributed by atoms with E-state index in [1.54, 1.807) is 36.5 Å². The van der Waals surface area contributed by atoms with Crippen molar-refractivity contribution in [2.75, 3.05) is 31.3 Å². The normalized spacial score (nSPS) is 17.2. The molecule has 1 fully saturated rings. The molecule has 1 aliphatic rings. The molecule has 5 rings (SSSR count). The number of rotatable bonds is 9. The number of nitrogens with one attached hydrogen (secondary N) is 4. The van der Waals surface area contributed by atoms with Gasteiger partial charge < -0.3 is 25.8 Å². The van der Waals surface area contributed by atoms with Gasteiger partial charge in [0.1, 0.15) is 0 Å². The SMILES string of the molecule is CN(C)C/C=C/C(=O)Nc1cccc(C(=O)NC2CCC(Nc3ncc(Cl)c(-c4c[nH]c5ccccc45)n3)CC2)c1. The minimum Gasteiger partial charge on any atom is -0.360 e. The van der Waals surface area contributed by atoms with Gasteiger partial charge in [0.05, 0.1) is 16.9 Å². The van der Waals surface area contributed by atoms with Crippen LogP contribution < -0.4 is 16.0 Å². The van der Waals surface area contributed by atoms with Crippen molar-refractivity contribution in [2.24, 2.45) is 0 Å². The summed E-state index contributed by atoms with van der Waals surface area (Å²) in [5, 5.41) is 11.0. The number of amides is 2. The van der Waals surface area contributed by atoms with Crippen molar-refractivity contribution in [3.63, 3.8) is 0 Å². The van der Waals surface area contributed by atoms with Gasteiger partial charge in [-0.3, -0.25) is 9.59 Å². The van der Waals surface area contributed by atoms with Gasteiger partial charge >= 0.3 is 0 Å². The minimum absolute atomic E-state index is 0.0701. The fraction of sp³-hybridized carbons (Fsp3) is 0.290. The molecule has 41 heavy (non-hydrogen) atoms. The first-order chi connectivity index (χ1) is 19.9. The summed E-state index contributed by atoms with van der Waals surface area (Å²) in [6.45, 7) is 0.673. The van der Waals surface area contributed by atoms with Crippen molar-refractivity contribution in [3.8, 4) is 11.3 Å². The topological polar surface area (TPSA) is 115 Å². The van der Waals surface area contributed by atoms with Crippen molar-refractivity contribution < 1.29 is 9.59 Å². The quantitative estimate of drug-likeness (QED) is 0.198. The first kappa shape index (κ1) is 28.3.